The molecule has 1 aliphatic carbocycles. The first-order valence-electron chi connectivity index (χ1n) is 6.80. The van der Waals surface area contributed by atoms with Crippen molar-refractivity contribution in [3.63, 3.8) is 0 Å². The van der Waals surface area contributed by atoms with Gasteiger partial charge < -0.3 is 10.4 Å². The van der Waals surface area contributed by atoms with Gasteiger partial charge in [-0.2, -0.15) is 0 Å². The molecule has 0 aliphatic heterocycles. The van der Waals surface area contributed by atoms with Crippen molar-refractivity contribution in [2.24, 2.45) is 5.92 Å². The zero-order chi connectivity index (χ0) is 13.0. The van der Waals surface area contributed by atoms with E-state index in [0.717, 1.165) is 11.6 Å². The molecule has 0 spiro atoms. The van der Waals surface area contributed by atoms with Gasteiger partial charge in [0.1, 0.15) is 0 Å². The van der Waals surface area contributed by atoms with Crippen molar-refractivity contribution in [2.45, 2.75) is 45.1 Å². The number of aromatic carboxylic acids is 1. The first kappa shape index (κ1) is 12.9. The maximum atomic E-state index is 10.8. The molecule has 0 aromatic heterocycles. The summed E-state index contributed by atoms with van der Waals surface area (Å²) in [6.07, 6.45) is 6.38. The molecule has 18 heavy (non-hydrogen) atoms. The van der Waals surface area contributed by atoms with Crippen LogP contribution in [0.3, 0.4) is 0 Å². The average molecular weight is 247 g/mol. The lowest BCUT2D eigenvalue weighted by atomic mass is 9.83. The fourth-order valence-electron chi connectivity index (χ4n) is 2.81. The first-order chi connectivity index (χ1) is 8.70. The van der Waals surface area contributed by atoms with Gasteiger partial charge in [0.2, 0.25) is 0 Å². The van der Waals surface area contributed by atoms with Crippen LogP contribution in [-0.4, -0.2) is 17.1 Å². The van der Waals surface area contributed by atoms with Crippen LogP contribution in [0, 0.1) is 5.92 Å². The van der Waals surface area contributed by atoms with Gasteiger partial charge in [-0.3, -0.25) is 0 Å². The Morgan fingerprint density at radius 1 is 1.28 bits per heavy atom. The summed E-state index contributed by atoms with van der Waals surface area (Å²) in [4.78, 5) is 10.8. The van der Waals surface area contributed by atoms with Gasteiger partial charge in [-0.15, -0.1) is 0 Å². The van der Waals surface area contributed by atoms with Crippen LogP contribution in [0.1, 0.15) is 49.4 Å². The quantitative estimate of drug-likeness (QED) is 0.851. The highest BCUT2D eigenvalue weighted by molar-refractivity contribution is 5.87. The van der Waals surface area contributed by atoms with E-state index in [1.54, 1.807) is 12.1 Å². The Kier molecular flexibility index (Phi) is 4.24. The van der Waals surface area contributed by atoms with E-state index >= 15 is 0 Å². The van der Waals surface area contributed by atoms with Crippen LogP contribution in [-0.2, 0) is 0 Å². The van der Waals surface area contributed by atoms with Gasteiger partial charge in [0.05, 0.1) is 5.56 Å². The van der Waals surface area contributed by atoms with Gasteiger partial charge in [0.25, 0.3) is 0 Å². The van der Waals surface area contributed by atoms with E-state index in [0.29, 0.717) is 11.6 Å². The Labute approximate surface area is 108 Å². The van der Waals surface area contributed by atoms with Crippen molar-refractivity contribution in [1.29, 1.82) is 0 Å². The molecule has 0 saturated heterocycles. The zero-order valence-electron chi connectivity index (χ0n) is 10.9. The average Bonchev–Trinajstić information content (AvgIpc) is 2.40. The summed E-state index contributed by atoms with van der Waals surface area (Å²) in [6.45, 7) is 2.25. The van der Waals surface area contributed by atoms with Gasteiger partial charge in [-0.25, -0.2) is 4.79 Å². The second-order valence-corrected chi connectivity index (χ2v) is 5.09. The molecule has 3 heteroatoms. The van der Waals surface area contributed by atoms with E-state index in [4.69, 9.17) is 5.11 Å². The lowest BCUT2D eigenvalue weighted by Gasteiger charge is -2.32. The first-order valence-corrected chi connectivity index (χ1v) is 6.80. The van der Waals surface area contributed by atoms with Crippen molar-refractivity contribution in [3.8, 4) is 0 Å². The minimum atomic E-state index is -0.870. The summed E-state index contributed by atoms with van der Waals surface area (Å²) in [7, 11) is 0. The topological polar surface area (TPSA) is 49.3 Å². The summed E-state index contributed by atoms with van der Waals surface area (Å²) in [5.74, 6) is -0.122. The van der Waals surface area contributed by atoms with Crippen LogP contribution in [0.2, 0.25) is 0 Å². The number of anilines is 1. The Hall–Kier alpha value is -1.51. The third kappa shape index (κ3) is 3.03. The van der Waals surface area contributed by atoms with Crippen LogP contribution in [0.25, 0.3) is 0 Å². The van der Waals surface area contributed by atoms with Crippen LogP contribution >= 0.6 is 0 Å². The molecule has 0 radical (unpaired) electrons. The third-order valence-corrected chi connectivity index (χ3v) is 3.92. The Balaban J connectivity index is 2.01. The number of rotatable bonds is 4. The molecule has 0 heterocycles. The van der Waals surface area contributed by atoms with E-state index in [1.165, 1.54) is 32.1 Å². The molecule has 0 bridgehead atoms. The second kappa shape index (κ2) is 5.89. The summed E-state index contributed by atoms with van der Waals surface area (Å²) >= 11 is 0. The fourth-order valence-corrected chi connectivity index (χ4v) is 2.81. The van der Waals surface area contributed by atoms with Gasteiger partial charge in [0.15, 0.2) is 0 Å². The molecular weight excluding hydrogens is 226 g/mol. The SMILES string of the molecule is CCC1CCCCC1Nc1ccc(C(=O)O)cc1. The molecule has 1 aliphatic rings. The zero-order valence-corrected chi connectivity index (χ0v) is 10.9. The van der Waals surface area contributed by atoms with Gasteiger partial charge in [0, 0.05) is 11.7 Å². The van der Waals surface area contributed by atoms with Crippen molar-refractivity contribution in [3.05, 3.63) is 29.8 Å². The number of hydrogen-bond donors (Lipinski definition) is 2. The molecule has 2 atom stereocenters. The van der Waals surface area contributed by atoms with E-state index in [9.17, 15) is 4.79 Å². The molecule has 98 valence electrons. The van der Waals surface area contributed by atoms with Crippen LogP contribution < -0.4 is 5.32 Å². The van der Waals surface area contributed by atoms with Crippen molar-refractivity contribution in [2.75, 3.05) is 5.32 Å². The molecule has 2 unspecified atom stereocenters. The van der Waals surface area contributed by atoms with E-state index < -0.39 is 5.97 Å². The monoisotopic (exact) mass is 247 g/mol. The number of carbonyl (C=O) groups is 1. The van der Waals surface area contributed by atoms with Crippen LogP contribution in [0.5, 0.6) is 0 Å². The van der Waals surface area contributed by atoms with Crippen LogP contribution in [0.15, 0.2) is 24.3 Å². The number of hydrogen-bond acceptors (Lipinski definition) is 2. The third-order valence-electron chi connectivity index (χ3n) is 3.92. The molecule has 2 rings (SSSR count). The lowest BCUT2D eigenvalue weighted by molar-refractivity contribution is 0.0697. The fraction of sp³-hybridized carbons (Fsp3) is 0.533. The predicted octanol–water partition coefficient (Wildman–Crippen LogP) is 3.77. The molecule has 1 saturated carbocycles. The number of carboxylic acids is 1. The molecule has 3 nitrogen and oxygen atoms in total. The normalized spacial score (nSPS) is 23.6. The van der Waals surface area contributed by atoms with E-state index in [2.05, 4.69) is 12.2 Å². The standard InChI is InChI=1S/C15H21NO2/c1-2-11-5-3-4-6-14(11)16-13-9-7-12(8-10-13)15(17)18/h7-11,14,16H,2-6H2,1H3,(H,17,18). The van der Waals surface area contributed by atoms with Gasteiger partial charge in [-0.05, 0) is 43.0 Å². The molecule has 1 aromatic rings. The number of benzene rings is 1. The Morgan fingerprint density at radius 2 is 1.94 bits per heavy atom. The highest BCUT2D eigenvalue weighted by Gasteiger charge is 2.23. The smallest absolute Gasteiger partial charge is 0.335 e. The summed E-state index contributed by atoms with van der Waals surface area (Å²) in [5, 5.41) is 12.4. The largest absolute Gasteiger partial charge is 0.478 e. The summed E-state index contributed by atoms with van der Waals surface area (Å²) < 4.78 is 0. The molecule has 1 aromatic carbocycles. The lowest BCUT2D eigenvalue weighted by Crippen LogP contribution is -2.31. The van der Waals surface area contributed by atoms with Crippen LogP contribution in [0.4, 0.5) is 5.69 Å². The van der Waals surface area contributed by atoms with Crippen molar-refractivity contribution < 1.29 is 9.90 Å². The second-order valence-electron chi connectivity index (χ2n) is 5.09. The summed E-state index contributed by atoms with van der Waals surface area (Å²) in [6, 6.07) is 7.60. The number of carboxylic acid groups (broad SMARTS) is 1. The van der Waals surface area contributed by atoms with Gasteiger partial charge in [-0.1, -0.05) is 26.2 Å². The van der Waals surface area contributed by atoms with Gasteiger partial charge >= 0.3 is 5.97 Å². The molecule has 0 amide bonds. The highest BCUT2D eigenvalue weighted by atomic mass is 16.4. The van der Waals surface area contributed by atoms with Crippen molar-refractivity contribution in [1.82, 2.24) is 0 Å². The maximum Gasteiger partial charge on any atom is 0.335 e. The maximum absolute atomic E-state index is 10.8. The molecule has 2 N–H and O–H groups in total. The van der Waals surface area contributed by atoms with E-state index in [1.807, 2.05) is 12.1 Å². The van der Waals surface area contributed by atoms with Crippen molar-refractivity contribution >= 4 is 11.7 Å². The highest BCUT2D eigenvalue weighted by Crippen LogP contribution is 2.29. The predicted molar refractivity (Wildman–Crippen MR) is 73.1 cm³/mol. The number of nitrogens with one attached hydrogen (secondary N) is 1. The Bertz CT molecular complexity index is 399. The summed E-state index contributed by atoms with van der Waals surface area (Å²) in [5.41, 5.74) is 1.38. The minimum Gasteiger partial charge on any atom is -0.478 e. The molecule has 1 fully saturated rings. The Morgan fingerprint density at radius 3 is 2.56 bits per heavy atom. The minimum absolute atomic E-state index is 0.344. The molecular formula is C15H21NO2. The van der Waals surface area contributed by atoms with E-state index in [-0.39, 0.29) is 0 Å².